The van der Waals surface area contributed by atoms with Crippen molar-refractivity contribution in [3.63, 3.8) is 0 Å². The molecule has 3 aromatic rings. The number of aromatic nitrogens is 1. The third-order valence-corrected chi connectivity index (χ3v) is 6.81. The summed E-state index contributed by atoms with van der Waals surface area (Å²) in [6, 6.07) is 10.3. The van der Waals surface area contributed by atoms with Crippen molar-refractivity contribution in [3.8, 4) is 0 Å². The van der Waals surface area contributed by atoms with Crippen molar-refractivity contribution in [2.45, 2.75) is 24.3 Å². The van der Waals surface area contributed by atoms with Crippen molar-refractivity contribution in [2.75, 3.05) is 18.4 Å². The zero-order chi connectivity index (χ0) is 19.7. The van der Waals surface area contributed by atoms with Crippen molar-refractivity contribution >= 4 is 26.6 Å². The Kier molecular flexibility index (Phi) is 4.99. The van der Waals surface area contributed by atoms with Gasteiger partial charge in [0.1, 0.15) is 17.2 Å². The molecule has 0 atom stereocenters. The zero-order valence-electron chi connectivity index (χ0n) is 15.0. The van der Waals surface area contributed by atoms with Crippen molar-refractivity contribution in [2.24, 2.45) is 0 Å². The highest BCUT2D eigenvalue weighted by atomic mass is 32.2. The number of benzene rings is 2. The minimum Gasteiger partial charge on any atom is -0.380 e. The first-order valence-corrected chi connectivity index (χ1v) is 10.5. The predicted octanol–water partition coefficient (Wildman–Crippen LogP) is 3.91. The second-order valence-electron chi connectivity index (χ2n) is 6.72. The number of nitrogens with zero attached hydrogens (tertiary/aromatic N) is 2. The summed E-state index contributed by atoms with van der Waals surface area (Å²) in [5, 5.41) is 3.17. The van der Waals surface area contributed by atoms with Gasteiger partial charge in [0.2, 0.25) is 10.0 Å². The summed E-state index contributed by atoms with van der Waals surface area (Å²) in [5.41, 5.74) is 1.22. The van der Waals surface area contributed by atoms with Crippen LogP contribution in [0.4, 0.5) is 14.5 Å². The number of hydrogen-bond donors (Lipinski definition) is 1. The maximum Gasteiger partial charge on any atom is 0.243 e. The fourth-order valence-electron chi connectivity index (χ4n) is 3.39. The summed E-state index contributed by atoms with van der Waals surface area (Å²) >= 11 is 0. The number of pyridine rings is 1. The van der Waals surface area contributed by atoms with Crippen LogP contribution < -0.4 is 5.32 Å². The Balaban J connectivity index is 1.54. The number of anilines is 1. The molecule has 5 nitrogen and oxygen atoms in total. The van der Waals surface area contributed by atoms with Crippen LogP contribution in [0.25, 0.3) is 10.9 Å². The largest absolute Gasteiger partial charge is 0.380 e. The van der Waals surface area contributed by atoms with Gasteiger partial charge in [-0.1, -0.05) is 12.1 Å². The summed E-state index contributed by atoms with van der Waals surface area (Å²) in [6.07, 6.45) is 3.19. The molecule has 0 amide bonds. The summed E-state index contributed by atoms with van der Waals surface area (Å²) in [7, 11) is -3.45. The van der Waals surface area contributed by atoms with Gasteiger partial charge in [-0.05, 0) is 48.7 Å². The Bertz CT molecular complexity index is 1110. The van der Waals surface area contributed by atoms with Gasteiger partial charge in [0.25, 0.3) is 0 Å². The molecule has 1 aliphatic rings. The molecular weight excluding hydrogens is 384 g/mol. The van der Waals surface area contributed by atoms with Crippen LogP contribution in [0.15, 0.2) is 53.6 Å². The molecule has 1 fully saturated rings. The Morgan fingerprint density at radius 3 is 2.36 bits per heavy atom. The molecule has 4 rings (SSSR count). The molecule has 1 aromatic heterocycles. The smallest absolute Gasteiger partial charge is 0.243 e. The maximum absolute atomic E-state index is 14.2. The van der Waals surface area contributed by atoms with Gasteiger partial charge < -0.3 is 5.32 Å². The van der Waals surface area contributed by atoms with Crippen LogP contribution in [-0.4, -0.2) is 30.8 Å². The fraction of sp³-hybridized carbons (Fsp3) is 0.250. The fourth-order valence-corrected chi connectivity index (χ4v) is 4.91. The number of hydrogen-bond acceptors (Lipinski definition) is 4. The van der Waals surface area contributed by atoms with E-state index in [4.69, 9.17) is 0 Å². The average Bonchev–Trinajstić information content (AvgIpc) is 3.25. The van der Waals surface area contributed by atoms with Crippen LogP contribution in [0.3, 0.4) is 0 Å². The topological polar surface area (TPSA) is 62.3 Å². The average molecular weight is 403 g/mol. The van der Waals surface area contributed by atoms with Crippen molar-refractivity contribution in [1.29, 1.82) is 0 Å². The molecular formula is C20H19F2N3O2S. The Morgan fingerprint density at radius 2 is 1.64 bits per heavy atom. The lowest BCUT2D eigenvalue weighted by Gasteiger charge is -2.16. The number of halogens is 2. The molecule has 1 saturated heterocycles. The van der Waals surface area contributed by atoms with Gasteiger partial charge in [0, 0.05) is 31.5 Å². The van der Waals surface area contributed by atoms with E-state index in [2.05, 4.69) is 10.3 Å². The number of sulfonamides is 1. The summed E-state index contributed by atoms with van der Waals surface area (Å²) in [5.74, 6) is -1.14. The Morgan fingerprint density at radius 1 is 0.964 bits per heavy atom. The van der Waals surface area contributed by atoms with Crippen LogP contribution in [0, 0.1) is 11.6 Å². The van der Waals surface area contributed by atoms with Gasteiger partial charge >= 0.3 is 0 Å². The van der Waals surface area contributed by atoms with Crippen molar-refractivity contribution < 1.29 is 17.2 Å². The maximum atomic E-state index is 14.2. The molecule has 0 bridgehead atoms. The molecule has 0 unspecified atom stereocenters. The van der Waals surface area contributed by atoms with Crippen molar-refractivity contribution in [1.82, 2.24) is 9.29 Å². The molecule has 0 spiro atoms. The zero-order valence-corrected chi connectivity index (χ0v) is 15.8. The predicted molar refractivity (Wildman–Crippen MR) is 103 cm³/mol. The van der Waals surface area contributed by atoms with Gasteiger partial charge in [-0.25, -0.2) is 17.2 Å². The van der Waals surface area contributed by atoms with Crippen LogP contribution in [0.2, 0.25) is 0 Å². The molecule has 1 aliphatic heterocycles. The van der Waals surface area contributed by atoms with Crippen LogP contribution in [-0.2, 0) is 16.6 Å². The molecule has 146 valence electrons. The SMILES string of the molecule is O=S(=O)(c1ccc(CNc2ccnc3c(F)ccc(F)c23)cc1)N1CCCC1. The molecule has 0 radical (unpaired) electrons. The summed E-state index contributed by atoms with van der Waals surface area (Å²) in [4.78, 5) is 4.17. The summed E-state index contributed by atoms with van der Waals surface area (Å²) in [6.45, 7) is 1.45. The quantitative estimate of drug-likeness (QED) is 0.702. The molecule has 0 saturated carbocycles. The molecule has 1 N–H and O–H groups in total. The van der Waals surface area contributed by atoms with E-state index in [1.165, 1.54) is 10.5 Å². The monoisotopic (exact) mass is 403 g/mol. The van der Waals surface area contributed by atoms with Gasteiger partial charge in [0.05, 0.1) is 10.3 Å². The molecule has 0 aliphatic carbocycles. The van der Waals surface area contributed by atoms with E-state index in [0.29, 0.717) is 25.3 Å². The molecule has 2 aromatic carbocycles. The standard InChI is InChI=1S/C20H19F2N3O2S/c21-16-7-8-17(22)20-19(16)18(9-10-23-20)24-13-14-3-5-15(6-4-14)28(26,27)25-11-1-2-12-25/h3-10H,1-2,11-13H2,(H,23,24). The first kappa shape index (κ1) is 18.8. The lowest BCUT2D eigenvalue weighted by Crippen LogP contribution is -2.27. The minimum atomic E-state index is -3.45. The molecule has 2 heterocycles. The highest BCUT2D eigenvalue weighted by molar-refractivity contribution is 7.89. The van der Waals surface area contributed by atoms with E-state index in [1.54, 1.807) is 30.3 Å². The third-order valence-electron chi connectivity index (χ3n) is 4.90. The first-order chi connectivity index (χ1) is 13.5. The summed E-state index contributed by atoms with van der Waals surface area (Å²) < 4.78 is 54.7. The number of nitrogens with one attached hydrogen (secondary N) is 1. The van der Waals surface area contributed by atoms with Crippen LogP contribution in [0.1, 0.15) is 18.4 Å². The number of fused-ring (bicyclic) bond motifs is 1. The lowest BCUT2D eigenvalue weighted by atomic mass is 10.1. The van der Waals surface area contributed by atoms with E-state index in [9.17, 15) is 17.2 Å². The normalized spacial score (nSPS) is 15.2. The highest BCUT2D eigenvalue weighted by Crippen LogP contribution is 2.27. The van der Waals surface area contributed by atoms with Crippen LogP contribution >= 0.6 is 0 Å². The van der Waals surface area contributed by atoms with Gasteiger partial charge in [-0.15, -0.1) is 0 Å². The van der Waals surface area contributed by atoms with Crippen LogP contribution in [0.5, 0.6) is 0 Å². The minimum absolute atomic E-state index is 0.0305. The van der Waals surface area contributed by atoms with E-state index >= 15 is 0 Å². The molecule has 28 heavy (non-hydrogen) atoms. The van der Waals surface area contributed by atoms with Gasteiger partial charge in [-0.2, -0.15) is 4.31 Å². The van der Waals surface area contributed by atoms with Gasteiger partial charge in [0.15, 0.2) is 0 Å². The second kappa shape index (κ2) is 7.44. The highest BCUT2D eigenvalue weighted by Gasteiger charge is 2.26. The van der Waals surface area contributed by atoms with E-state index in [0.717, 1.165) is 30.5 Å². The molecule has 8 heteroatoms. The van der Waals surface area contributed by atoms with E-state index < -0.39 is 21.7 Å². The van der Waals surface area contributed by atoms with Crippen molar-refractivity contribution in [3.05, 3.63) is 65.9 Å². The first-order valence-electron chi connectivity index (χ1n) is 9.02. The van der Waals surface area contributed by atoms with E-state index in [1.807, 2.05) is 0 Å². The lowest BCUT2D eigenvalue weighted by molar-refractivity contribution is 0.477. The number of rotatable bonds is 5. The second-order valence-corrected chi connectivity index (χ2v) is 8.66. The third kappa shape index (κ3) is 3.45. The Hall–Kier alpha value is -2.58. The van der Waals surface area contributed by atoms with Gasteiger partial charge in [-0.3, -0.25) is 4.98 Å². The van der Waals surface area contributed by atoms with E-state index in [-0.39, 0.29) is 15.8 Å². The Labute approximate surface area is 162 Å².